The third kappa shape index (κ3) is 3.90. The van der Waals surface area contributed by atoms with Crippen LogP contribution >= 0.6 is 0 Å². The van der Waals surface area contributed by atoms with E-state index in [9.17, 15) is 23.2 Å². The van der Waals surface area contributed by atoms with Crippen molar-refractivity contribution in [1.29, 1.82) is 0 Å². The predicted molar refractivity (Wildman–Crippen MR) is 74.1 cm³/mol. The number of halogens is 2. The summed E-state index contributed by atoms with van der Waals surface area (Å²) in [6.07, 6.45) is 1.14. The maximum absolute atomic E-state index is 13.0. The summed E-state index contributed by atoms with van der Waals surface area (Å²) in [6.45, 7) is -0.637. The van der Waals surface area contributed by atoms with E-state index < -0.39 is 41.2 Å². The Balaban J connectivity index is 2.02. The van der Waals surface area contributed by atoms with Gasteiger partial charge in [0.15, 0.2) is 18.2 Å². The lowest BCUT2D eigenvalue weighted by atomic mass is 10.3. The molecule has 0 saturated heterocycles. The SMILES string of the molecule is O=C(COn1cccc(C(=O)O)c1=O)Nc1ccc(F)c(F)c1. The van der Waals surface area contributed by atoms with E-state index in [4.69, 9.17) is 9.94 Å². The molecule has 0 bridgehead atoms. The van der Waals surface area contributed by atoms with Crippen LogP contribution in [-0.2, 0) is 4.79 Å². The first-order valence-corrected chi connectivity index (χ1v) is 6.21. The van der Waals surface area contributed by atoms with Crippen LogP contribution in [0.5, 0.6) is 0 Å². The zero-order valence-corrected chi connectivity index (χ0v) is 11.5. The summed E-state index contributed by atoms with van der Waals surface area (Å²) in [7, 11) is 0. The molecule has 7 nitrogen and oxygen atoms in total. The van der Waals surface area contributed by atoms with E-state index in [2.05, 4.69) is 5.32 Å². The van der Waals surface area contributed by atoms with E-state index >= 15 is 0 Å². The first kappa shape index (κ1) is 16.1. The van der Waals surface area contributed by atoms with Gasteiger partial charge in [-0.05, 0) is 24.3 Å². The lowest BCUT2D eigenvalue weighted by molar-refractivity contribution is -0.120. The number of hydrogen-bond acceptors (Lipinski definition) is 4. The number of aromatic nitrogens is 1. The number of carboxylic acids is 1. The molecule has 0 aliphatic carbocycles. The normalized spacial score (nSPS) is 10.2. The van der Waals surface area contributed by atoms with Crippen molar-refractivity contribution in [2.45, 2.75) is 0 Å². The largest absolute Gasteiger partial charge is 0.477 e. The molecule has 2 N–H and O–H groups in total. The highest BCUT2D eigenvalue weighted by atomic mass is 19.2. The lowest BCUT2D eigenvalue weighted by Crippen LogP contribution is -2.34. The molecular weight excluding hydrogens is 314 g/mol. The van der Waals surface area contributed by atoms with Crippen LogP contribution in [0.3, 0.4) is 0 Å². The smallest absolute Gasteiger partial charge is 0.341 e. The van der Waals surface area contributed by atoms with Gasteiger partial charge in [-0.1, -0.05) is 0 Å². The first-order chi connectivity index (χ1) is 10.9. The molecular formula is C14H10F2N2O5. The predicted octanol–water partition coefficient (Wildman–Crippen LogP) is 0.892. The van der Waals surface area contributed by atoms with Crippen molar-refractivity contribution in [3.05, 3.63) is 64.1 Å². The summed E-state index contributed by atoms with van der Waals surface area (Å²) in [6, 6.07) is 5.12. The van der Waals surface area contributed by atoms with Gasteiger partial charge in [0.05, 0.1) is 0 Å². The zero-order valence-electron chi connectivity index (χ0n) is 11.5. The van der Waals surface area contributed by atoms with E-state index in [0.29, 0.717) is 4.73 Å². The van der Waals surface area contributed by atoms with E-state index in [0.717, 1.165) is 30.5 Å². The topological polar surface area (TPSA) is 97.6 Å². The maximum atomic E-state index is 13.0. The molecule has 120 valence electrons. The number of nitrogens with one attached hydrogen (secondary N) is 1. The number of hydrogen-bond donors (Lipinski definition) is 2. The number of benzene rings is 1. The molecule has 9 heteroatoms. The van der Waals surface area contributed by atoms with Gasteiger partial charge in [-0.25, -0.2) is 13.6 Å². The Kier molecular flexibility index (Phi) is 4.69. The molecule has 1 amide bonds. The standard InChI is InChI=1S/C14H10F2N2O5/c15-10-4-3-8(6-11(10)16)17-12(19)7-23-18-5-1-2-9(13(18)20)14(21)22/h1-6H,7H2,(H,17,19)(H,21,22). The first-order valence-electron chi connectivity index (χ1n) is 6.21. The van der Waals surface area contributed by atoms with E-state index in [1.54, 1.807) is 0 Å². The number of rotatable bonds is 5. The Labute approximate surface area is 127 Å². The van der Waals surface area contributed by atoms with Gasteiger partial charge in [0.2, 0.25) is 0 Å². The Morgan fingerprint density at radius 1 is 1.22 bits per heavy atom. The number of carbonyl (C=O) groups is 2. The van der Waals surface area contributed by atoms with Gasteiger partial charge in [-0.3, -0.25) is 9.59 Å². The van der Waals surface area contributed by atoms with Gasteiger partial charge in [0, 0.05) is 18.0 Å². The quantitative estimate of drug-likeness (QED) is 0.851. The number of amides is 1. The Morgan fingerprint density at radius 3 is 2.61 bits per heavy atom. The van der Waals surface area contributed by atoms with Crippen LogP contribution in [0.4, 0.5) is 14.5 Å². The van der Waals surface area contributed by atoms with Crippen LogP contribution in [0.15, 0.2) is 41.3 Å². The molecule has 0 fully saturated rings. The van der Waals surface area contributed by atoms with Gasteiger partial charge in [-0.15, -0.1) is 0 Å². The number of aromatic carboxylic acids is 1. The van der Waals surface area contributed by atoms with Crippen molar-refractivity contribution in [2.75, 3.05) is 11.9 Å². The summed E-state index contributed by atoms with van der Waals surface area (Å²) in [5.41, 5.74) is -1.46. The molecule has 23 heavy (non-hydrogen) atoms. The molecule has 2 aromatic rings. The van der Waals surface area contributed by atoms with Crippen molar-refractivity contribution in [2.24, 2.45) is 0 Å². The van der Waals surface area contributed by atoms with Crippen molar-refractivity contribution in [3.8, 4) is 0 Å². The molecule has 0 saturated carbocycles. The monoisotopic (exact) mass is 324 g/mol. The Bertz CT molecular complexity index is 819. The number of anilines is 1. The fraction of sp³-hybridized carbons (Fsp3) is 0.0714. The number of pyridine rings is 1. The van der Waals surface area contributed by atoms with Crippen molar-refractivity contribution >= 4 is 17.6 Å². The molecule has 0 spiro atoms. The molecule has 0 aliphatic heterocycles. The average Bonchev–Trinajstić information content (AvgIpc) is 2.49. The van der Waals surface area contributed by atoms with Gasteiger partial charge < -0.3 is 15.3 Å². The molecule has 1 heterocycles. The minimum atomic E-state index is -1.43. The Morgan fingerprint density at radius 2 is 1.96 bits per heavy atom. The average molecular weight is 324 g/mol. The highest BCUT2D eigenvalue weighted by Crippen LogP contribution is 2.12. The van der Waals surface area contributed by atoms with Crippen LogP contribution in [-0.4, -0.2) is 28.3 Å². The number of carboxylic acid groups (broad SMARTS) is 1. The zero-order chi connectivity index (χ0) is 17.0. The van der Waals surface area contributed by atoms with Crippen molar-refractivity contribution in [3.63, 3.8) is 0 Å². The summed E-state index contributed by atoms with van der Waals surface area (Å²) in [5, 5.41) is 11.0. The highest BCUT2D eigenvalue weighted by Gasteiger charge is 2.12. The highest BCUT2D eigenvalue weighted by molar-refractivity contribution is 5.91. The third-order valence-corrected chi connectivity index (χ3v) is 2.68. The molecule has 0 unspecified atom stereocenters. The van der Waals surface area contributed by atoms with Gasteiger partial charge >= 0.3 is 5.97 Å². The minimum absolute atomic E-state index is 0.00383. The second kappa shape index (κ2) is 6.69. The molecule has 0 aliphatic rings. The molecule has 1 aromatic carbocycles. The van der Waals surface area contributed by atoms with Crippen LogP contribution in [0.1, 0.15) is 10.4 Å². The van der Waals surface area contributed by atoms with Crippen LogP contribution in [0.25, 0.3) is 0 Å². The molecule has 0 radical (unpaired) electrons. The van der Waals surface area contributed by atoms with Crippen LogP contribution < -0.4 is 15.7 Å². The summed E-state index contributed by atoms with van der Waals surface area (Å²) in [4.78, 5) is 39.0. The number of nitrogens with zero attached hydrogens (tertiary/aromatic N) is 1. The maximum Gasteiger partial charge on any atom is 0.341 e. The second-order valence-electron chi connectivity index (χ2n) is 4.31. The summed E-state index contributed by atoms with van der Waals surface area (Å²) < 4.78 is 26.3. The summed E-state index contributed by atoms with van der Waals surface area (Å²) >= 11 is 0. The van der Waals surface area contributed by atoms with Gasteiger partial charge in [0.25, 0.3) is 11.5 Å². The lowest BCUT2D eigenvalue weighted by Gasteiger charge is -2.09. The van der Waals surface area contributed by atoms with E-state index in [-0.39, 0.29) is 5.69 Å². The van der Waals surface area contributed by atoms with Crippen LogP contribution in [0.2, 0.25) is 0 Å². The van der Waals surface area contributed by atoms with E-state index in [1.165, 1.54) is 6.07 Å². The van der Waals surface area contributed by atoms with Crippen molar-refractivity contribution < 1.29 is 28.3 Å². The van der Waals surface area contributed by atoms with Gasteiger partial charge in [-0.2, -0.15) is 4.73 Å². The molecule has 1 aromatic heterocycles. The third-order valence-electron chi connectivity index (χ3n) is 2.68. The number of carbonyl (C=O) groups excluding carboxylic acids is 1. The van der Waals surface area contributed by atoms with Crippen molar-refractivity contribution in [1.82, 2.24) is 4.73 Å². The minimum Gasteiger partial charge on any atom is -0.477 e. The van der Waals surface area contributed by atoms with Gasteiger partial charge in [0.1, 0.15) is 5.56 Å². The van der Waals surface area contributed by atoms with E-state index in [1.807, 2.05) is 0 Å². The summed E-state index contributed by atoms with van der Waals surface area (Å²) in [5.74, 6) is -4.37. The molecule has 2 rings (SSSR count). The fourth-order valence-electron chi connectivity index (χ4n) is 1.64. The second-order valence-corrected chi connectivity index (χ2v) is 4.31. The Hall–Kier alpha value is -3.23. The molecule has 0 atom stereocenters. The van der Waals surface area contributed by atoms with Crippen LogP contribution in [0, 0.1) is 11.6 Å². The fourth-order valence-corrected chi connectivity index (χ4v) is 1.64.